The molecule has 0 aliphatic rings. The van der Waals surface area contributed by atoms with E-state index in [1.54, 1.807) is 7.11 Å². The van der Waals surface area contributed by atoms with Crippen LogP contribution < -0.4 is 10.1 Å². The minimum atomic E-state index is 0.650. The molecule has 0 saturated carbocycles. The molecule has 0 aliphatic heterocycles. The van der Waals surface area contributed by atoms with Gasteiger partial charge in [0.05, 0.1) is 13.5 Å². The Morgan fingerprint density at radius 3 is 2.58 bits per heavy atom. The van der Waals surface area contributed by atoms with Crippen LogP contribution >= 0.6 is 0 Å². The van der Waals surface area contributed by atoms with Crippen molar-refractivity contribution in [2.75, 3.05) is 20.2 Å². The first-order valence-corrected chi connectivity index (χ1v) is 6.46. The van der Waals surface area contributed by atoms with Gasteiger partial charge < -0.3 is 14.5 Å². The quantitative estimate of drug-likeness (QED) is 0.770. The van der Waals surface area contributed by atoms with Crippen molar-refractivity contribution in [3.05, 3.63) is 41.6 Å². The van der Waals surface area contributed by atoms with E-state index in [1.807, 2.05) is 24.3 Å². The maximum absolute atomic E-state index is 5.60. The van der Waals surface area contributed by atoms with Crippen LogP contribution in [-0.4, -0.2) is 30.4 Å². The van der Waals surface area contributed by atoms with Gasteiger partial charge in [0.25, 0.3) is 0 Å². The summed E-state index contributed by atoms with van der Waals surface area (Å²) in [6.07, 6.45) is 1.42. The van der Waals surface area contributed by atoms with Crippen LogP contribution in [0.15, 0.2) is 28.7 Å². The summed E-state index contributed by atoms with van der Waals surface area (Å²) in [6.45, 7) is 3.89. The van der Waals surface area contributed by atoms with E-state index in [0.29, 0.717) is 18.2 Å². The maximum Gasteiger partial charge on any atom is 0.220 e. The Kier molecular flexibility index (Phi) is 4.92. The van der Waals surface area contributed by atoms with Crippen LogP contribution in [0.2, 0.25) is 0 Å². The molecule has 0 saturated heterocycles. The van der Waals surface area contributed by atoms with E-state index in [1.165, 1.54) is 0 Å². The van der Waals surface area contributed by atoms with Crippen molar-refractivity contribution >= 4 is 0 Å². The average molecular weight is 261 g/mol. The number of ether oxygens (including phenoxy) is 1. The van der Waals surface area contributed by atoms with Crippen molar-refractivity contribution in [2.24, 2.45) is 0 Å². The fourth-order valence-corrected chi connectivity index (χ4v) is 1.75. The molecular weight excluding hydrogens is 242 g/mol. The van der Waals surface area contributed by atoms with E-state index in [2.05, 4.69) is 22.4 Å². The van der Waals surface area contributed by atoms with Crippen molar-refractivity contribution in [2.45, 2.75) is 19.8 Å². The van der Waals surface area contributed by atoms with Crippen molar-refractivity contribution in [1.82, 2.24) is 15.5 Å². The second-order valence-electron chi connectivity index (χ2n) is 4.22. The Balaban J connectivity index is 1.91. The zero-order chi connectivity index (χ0) is 13.5. The smallest absolute Gasteiger partial charge is 0.220 e. The highest BCUT2D eigenvalue weighted by Gasteiger charge is 2.06. The Morgan fingerprint density at radius 1 is 1.16 bits per heavy atom. The van der Waals surface area contributed by atoms with E-state index < -0.39 is 0 Å². The summed E-state index contributed by atoms with van der Waals surface area (Å²) in [5, 5.41) is 11.3. The highest BCUT2D eigenvalue weighted by atomic mass is 16.5. The van der Waals surface area contributed by atoms with Gasteiger partial charge in [-0.15, -0.1) is 10.2 Å². The molecule has 0 spiro atoms. The second-order valence-corrected chi connectivity index (χ2v) is 4.22. The molecular formula is C14H19N3O2. The van der Waals surface area contributed by atoms with Gasteiger partial charge in [0.2, 0.25) is 11.8 Å². The first kappa shape index (κ1) is 13.5. The van der Waals surface area contributed by atoms with E-state index in [9.17, 15) is 0 Å². The fourth-order valence-electron chi connectivity index (χ4n) is 1.75. The largest absolute Gasteiger partial charge is 0.497 e. The van der Waals surface area contributed by atoms with Gasteiger partial charge >= 0.3 is 0 Å². The predicted octanol–water partition coefficient (Wildman–Crippen LogP) is 1.82. The van der Waals surface area contributed by atoms with Crippen LogP contribution in [-0.2, 0) is 12.8 Å². The molecule has 0 fully saturated rings. The molecule has 1 N–H and O–H groups in total. The summed E-state index contributed by atoms with van der Waals surface area (Å²) in [5.74, 6) is 2.18. The topological polar surface area (TPSA) is 60.2 Å². The van der Waals surface area contributed by atoms with Gasteiger partial charge in [-0.05, 0) is 24.2 Å². The molecule has 0 aliphatic carbocycles. The molecule has 0 unspecified atom stereocenters. The number of benzene rings is 1. The van der Waals surface area contributed by atoms with Gasteiger partial charge in [-0.3, -0.25) is 0 Å². The molecule has 102 valence electrons. The zero-order valence-corrected chi connectivity index (χ0v) is 11.3. The van der Waals surface area contributed by atoms with Gasteiger partial charge in [0, 0.05) is 13.0 Å². The third-order valence-electron chi connectivity index (χ3n) is 2.79. The van der Waals surface area contributed by atoms with E-state index >= 15 is 0 Å². The first-order chi connectivity index (χ1) is 9.31. The highest BCUT2D eigenvalue weighted by Crippen LogP contribution is 2.14. The Hall–Kier alpha value is -1.88. The lowest BCUT2D eigenvalue weighted by Crippen LogP contribution is -2.16. The Bertz CT molecular complexity index is 494. The summed E-state index contributed by atoms with van der Waals surface area (Å²) in [4.78, 5) is 0. The third-order valence-corrected chi connectivity index (χ3v) is 2.79. The number of aromatic nitrogens is 2. The standard InChI is InChI=1S/C14H19N3O2/c1-3-15-9-8-13-16-17-14(19-13)10-11-4-6-12(18-2)7-5-11/h4-7,15H,3,8-10H2,1-2H3. The number of nitrogens with one attached hydrogen (secondary N) is 1. The summed E-state index contributed by atoms with van der Waals surface area (Å²) in [7, 11) is 1.66. The van der Waals surface area contributed by atoms with Crippen LogP contribution in [0.1, 0.15) is 24.3 Å². The van der Waals surface area contributed by atoms with Crippen molar-refractivity contribution in [3.63, 3.8) is 0 Å². The van der Waals surface area contributed by atoms with Gasteiger partial charge in [0.1, 0.15) is 5.75 Å². The number of hydrogen-bond donors (Lipinski definition) is 1. The molecule has 2 rings (SSSR count). The lowest BCUT2D eigenvalue weighted by Gasteiger charge is -2.00. The van der Waals surface area contributed by atoms with E-state index in [0.717, 1.165) is 30.8 Å². The summed E-state index contributed by atoms with van der Waals surface area (Å²) in [5.41, 5.74) is 1.13. The molecule has 1 heterocycles. The number of rotatable bonds is 7. The van der Waals surface area contributed by atoms with Crippen LogP contribution in [0.3, 0.4) is 0 Å². The molecule has 5 nitrogen and oxygen atoms in total. The zero-order valence-electron chi connectivity index (χ0n) is 11.3. The molecule has 0 bridgehead atoms. The molecule has 0 radical (unpaired) electrons. The first-order valence-electron chi connectivity index (χ1n) is 6.46. The molecule has 5 heteroatoms. The minimum absolute atomic E-state index is 0.650. The van der Waals surface area contributed by atoms with Gasteiger partial charge in [-0.2, -0.15) is 0 Å². The summed E-state index contributed by atoms with van der Waals surface area (Å²) >= 11 is 0. The molecule has 2 aromatic rings. The maximum atomic E-state index is 5.60. The second kappa shape index (κ2) is 6.89. The molecule has 1 aromatic carbocycles. The monoisotopic (exact) mass is 261 g/mol. The molecule has 1 aromatic heterocycles. The minimum Gasteiger partial charge on any atom is -0.497 e. The van der Waals surface area contributed by atoms with E-state index in [-0.39, 0.29) is 0 Å². The van der Waals surface area contributed by atoms with Crippen molar-refractivity contribution < 1.29 is 9.15 Å². The van der Waals surface area contributed by atoms with E-state index in [4.69, 9.17) is 9.15 Å². The molecule has 19 heavy (non-hydrogen) atoms. The van der Waals surface area contributed by atoms with Crippen LogP contribution in [0.5, 0.6) is 5.75 Å². The number of hydrogen-bond acceptors (Lipinski definition) is 5. The van der Waals surface area contributed by atoms with Crippen molar-refractivity contribution in [1.29, 1.82) is 0 Å². The highest BCUT2D eigenvalue weighted by molar-refractivity contribution is 5.28. The van der Waals surface area contributed by atoms with Gasteiger partial charge in [-0.25, -0.2) is 0 Å². The van der Waals surface area contributed by atoms with Gasteiger partial charge in [0.15, 0.2) is 0 Å². The van der Waals surface area contributed by atoms with Gasteiger partial charge in [-0.1, -0.05) is 19.1 Å². The Labute approximate surface area is 113 Å². The molecule has 0 amide bonds. The van der Waals surface area contributed by atoms with Crippen LogP contribution in [0, 0.1) is 0 Å². The van der Waals surface area contributed by atoms with Crippen LogP contribution in [0.4, 0.5) is 0 Å². The number of likely N-dealkylation sites (N-methyl/N-ethyl adjacent to an activating group) is 1. The summed E-state index contributed by atoms with van der Waals surface area (Å²) in [6, 6.07) is 7.86. The normalized spacial score (nSPS) is 10.6. The fraction of sp³-hybridized carbons (Fsp3) is 0.429. The Morgan fingerprint density at radius 2 is 1.89 bits per heavy atom. The van der Waals surface area contributed by atoms with Crippen molar-refractivity contribution in [3.8, 4) is 5.75 Å². The number of methoxy groups -OCH3 is 1. The average Bonchev–Trinajstić information content (AvgIpc) is 2.88. The number of nitrogens with zero attached hydrogens (tertiary/aromatic N) is 2. The van der Waals surface area contributed by atoms with Crippen LogP contribution in [0.25, 0.3) is 0 Å². The molecule has 0 atom stereocenters. The SMILES string of the molecule is CCNCCc1nnc(Cc2ccc(OC)cc2)o1. The lowest BCUT2D eigenvalue weighted by atomic mass is 10.1. The lowest BCUT2D eigenvalue weighted by molar-refractivity contribution is 0.414. The summed E-state index contributed by atoms with van der Waals surface area (Å²) < 4.78 is 10.7. The third kappa shape index (κ3) is 4.06. The predicted molar refractivity (Wildman–Crippen MR) is 72.3 cm³/mol.